The van der Waals surface area contributed by atoms with Crippen LogP contribution in [0.25, 0.3) is 0 Å². The second-order valence-corrected chi connectivity index (χ2v) is 3.50. The molecule has 0 spiro atoms. The molecule has 0 aromatic carbocycles. The fraction of sp³-hybridized carbons (Fsp3) is 0.200. The van der Waals surface area contributed by atoms with Crippen molar-refractivity contribution < 1.29 is 9.90 Å². The molecule has 0 bridgehead atoms. The normalized spacial score (nSPS) is 9.93. The van der Waals surface area contributed by atoms with Crippen molar-refractivity contribution in [3.05, 3.63) is 41.2 Å². The summed E-state index contributed by atoms with van der Waals surface area (Å²) in [5.41, 5.74) is 0.943. The Balaban J connectivity index is 2.50. The van der Waals surface area contributed by atoms with Crippen molar-refractivity contribution in [1.29, 1.82) is 0 Å². The molecule has 0 aliphatic rings. The van der Waals surface area contributed by atoms with E-state index in [0.29, 0.717) is 18.1 Å². The third-order valence-corrected chi connectivity index (χ3v) is 1.83. The molecule has 0 saturated heterocycles. The van der Waals surface area contributed by atoms with Crippen LogP contribution in [0.15, 0.2) is 29.9 Å². The van der Waals surface area contributed by atoms with Crippen LogP contribution in [0.4, 0.5) is 0 Å². The van der Waals surface area contributed by atoms with Gasteiger partial charge in [-0.25, -0.2) is 4.79 Å². The molecule has 1 aromatic heterocycles. The highest BCUT2D eigenvalue weighted by Gasteiger charge is 2.02. The van der Waals surface area contributed by atoms with Crippen LogP contribution in [0.1, 0.15) is 16.1 Å². The van der Waals surface area contributed by atoms with Gasteiger partial charge in [-0.3, -0.25) is 4.98 Å². The van der Waals surface area contributed by atoms with Crippen LogP contribution < -0.4 is 5.32 Å². The molecule has 80 valence electrons. The molecule has 2 N–H and O–H groups in total. The van der Waals surface area contributed by atoms with Crippen molar-refractivity contribution in [2.45, 2.75) is 6.54 Å². The number of nitrogens with zero attached hydrogens (tertiary/aromatic N) is 1. The Morgan fingerprint density at radius 3 is 2.80 bits per heavy atom. The molecule has 0 saturated carbocycles. The van der Waals surface area contributed by atoms with Crippen LogP contribution in [-0.2, 0) is 6.54 Å². The zero-order chi connectivity index (χ0) is 11.3. The van der Waals surface area contributed by atoms with Crippen LogP contribution in [-0.4, -0.2) is 22.6 Å². The first-order valence-corrected chi connectivity index (χ1v) is 4.69. The van der Waals surface area contributed by atoms with Gasteiger partial charge in [-0.2, -0.15) is 0 Å². The summed E-state index contributed by atoms with van der Waals surface area (Å²) in [5, 5.41) is 12.2. The number of carboxylic acids is 1. The molecule has 0 amide bonds. The zero-order valence-corrected chi connectivity index (χ0v) is 8.79. The summed E-state index contributed by atoms with van der Waals surface area (Å²) in [6.45, 7) is 4.57. The maximum atomic E-state index is 10.5. The Morgan fingerprint density at radius 2 is 2.33 bits per heavy atom. The number of halogens is 1. The van der Waals surface area contributed by atoms with Gasteiger partial charge in [-0.05, 0) is 12.1 Å². The average Bonchev–Trinajstić information content (AvgIpc) is 2.18. The lowest BCUT2D eigenvalue weighted by atomic mass is 10.2. The molecule has 0 atom stereocenters. The second kappa shape index (κ2) is 5.48. The van der Waals surface area contributed by atoms with Crippen molar-refractivity contribution in [3.63, 3.8) is 0 Å². The highest BCUT2D eigenvalue weighted by Crippen LogP contribution is 2.00. The number of hydrogen-bond acceptors (Lipinski definition) is 3. The number of aromatic carboxylic acids is 1. The predicted octanol–water partition coefficient (Wildman–Crippen LogP) is 1.62. The van der Waals surface area contributed by atoms with Gasteiger partial charge < -0.3 is 10.4 Å². The number of aromatic nitrogens is 1. The summed E-state index contributed by atoms with van der Waals surface area (Å²) < 4.78 is 0. The topological polar surface area (TPSA) is 62.2 Å². The summed E-state index contributed by atoms with van der Waals surface area (Å²) in [7, 11) is 0. The quantitative estimate of drug-likeness (QED) is 0.801. The Morgan fingerprint density at radius 1 is 1.60 bits per heavy atom. The second-order valence-electron chi connectivity index (χ2n) is 2.96. The van der Waals surface area contributed by atoms with E-state index in [-0.39, 0.29) is 5.56 Å². The van der Waals surface area contributed by atoms with Gasteiger partial charge in [-0.15, -0.1) is 0 Å². The molecule has 1 aromatic rings. The third-order valence-electron chi connectivity index (χ3n) is 1.69. The number of hydrogen-bond donors (Lipinski definition) is 2. The van der Waals surface area contributed by atoms with Crippen molar-refractivity contribution in [3.8, 4) is 0 Å². The highest BCUT2D eigenvalue weighted by atomic mass is 35.5. The van der Waals surface area contributed by atoms with Gasteiger partial charge in [0.2, 0.25) is 0 Å². The minimum absolute atomic E-state index is 0.181. The predicted molar refractivity (Wildman–Crippen MR) is 57.9 cm³/mol. The smallest absolute Gasteiger partial charge is 0.337 e. The summed E-state index contributed by atoms with van der Waals surface area (Å²) in [6, 6.07) is 3.18. The van der Waals surface area contributed by atoms with Crippen LogP contribution in [0.2, 0.25) is 0 Å². The van der Waals surface area contributed by atoms with E-state index in [2.05, 4.69) is 16.9 Å². The summed E-state index contributed by atoms with van der Waals surface area (Å²) in [5.74, 6) is -0.976. The molecular weight excluding hydrogens is 216 g/mol. The number of carboxylic acid groups (broad SMARTS) is 1. The van der Waals surface area contributed by atoms with Gasteiger partial charge in [0.25, 0.3) is 0 Å². The Labute approximate surface area is 92.6 Å². The molecule has 15 heavy (non-hydrogen) atoms. The lowest BCUT2D eigenvalue weighted by Crippen LogP contribution is -2.15. The number of nitrogens with one attached hydrogen (secondary N) is 1. The van der Waals surface area contributed by atoms with Crippen LogP contribution >= 0.6 is 11.6 Å². The maximum absolute atomic E-state index is 10.5. The fourth-order valence-electron chi connectivity index (χ4n) is 0.982. The van der Waals surface area contributed by atoms with E-state index < -0.39 is 5.97 Å². The van der Waals surface area contributed by atoms with Gasteiger partial charge in [0.1, 0.15) is 0 Å². The summed E-state index contributed by atoms with van der Waals surface area (Å²) in [4.78, 5) is 14.5. The summed E-state index contributed by atoms with van der Waals surface area (Å²) >= 11 is 5.56. The molecule has 1 heterocycles. The molecule has 5 heteroatoms. The molecule has 4 nitrogen and oxygen atoms in total. The maximum Gasteiger partial charge on any atom is 0.337 e. The molecular formula is C10H11ClN2O2. The van der Waals surface area contributed by atoms with E-state index in [0.717, 1.165) is 5.69 Å². The third kappa shape index (κ3) is 4.10. The van der Waals surface area contributed by atoms with E-state index in [1.54, 1.807) is 6.07 Å². The van der Waals surface area contributed by atoms with Gasteiger partial charge in [0.05, 0.1) is 11.3 Å². The molecule has 0 unspecified atom stereocenters. The Bertz CT molecular complexity index is 362. The largest absolute Gasteiger partial charge is 0.478 e. The molecule has 1 rings (SSSR count). The van der Waals surface area contributed by atoms with Crippen LogP contribution in [0, 0.1) is 0 Å². The summed E-state index contributed by atoms with van der Waals surface area (Å²) in [6.07, 6.45) is 1.33. The van der Waals surface area contributed by atoms with Gasteiger partial charge in [0.15, 0.2) is 0 Å². The Hall–Kier alpha value is -1.39. The van der Waals surface area contributed by atoms with Gasteiger partial charge >= 0.3 is 5.97 Å². The lowest BCUT2D eigenvalue weighted by molar-refractivity contribution is 0.0696. The molecule has 0 aliphatic heterocycles. The molecule has 0 radical (unpaired) electrons. The first kappa shape index (κ1) is 11.7. The number of rotatable bonds is 5. The average molecular weight is 227 g/mol. The first-order valence-electron chi connectivity index (χ1n) is 4.32. The minimum atomic E-state index is -0.976. The van der Waals surface area contributed by atoms with E-state index >= 15 is 0 Å². The number of pyridine rings is 1. The standard InChI is InChI=1S/C10H11ClN2O2/c1-7(11)4-12-6-9-3-2-8(5-13-9)10(14)15/h2-3,5,12H,1,4,6H2,(H,14,15). The van der Waals surface area contributed by atoms with Crippen molar-refractivity contribution in [2.24, 2.45) is 0 Å². The van der Waals surface area contributed by atoms with E-state index in [1.807, 2.05) is 0 Å². The SMILES string of the molecule is C=C(Cl)CNCc1ccc(C(=O)O)cn1. The van der Waals surface area contributed by atoms with E-state index in [9.17, 15) is 4.79 Å². The monoisotopic (exact) mass is 226 g/mol. The minimum Gasteiger partial charge on any atom is -0.478 e. The van der Waals surface area contributed by atoms with E-state index in [4.69, 9.17) is 16.7 Å². The van der Waals surface area contributed by atoms with Crippen LogP contribution in [0.5, 0.6) is 0 Å². The lowest BCUT2D eigenvalue weighted by Gasteiger charge is -2.02. The number of carbonyl (C=O) groups is 1. The van der Waals surface area contributed by atoms with Crippen molar-refractivity contribution in [1.82, 2.24) is 10.3 Å². The first-order chi connectivity index (χ1) is 7.09. The van der Waals surface area contributed by atoms with Crippen molar-refractivity contribution in [2.75, 3.05) is 6.54 Å². The van der Waals surface area contributed by atoms with Crippen molar-refractivity contribution >= 4 is 17.6 Å². The van der Waals surface area contributed by atoms with Crippen LogP contribution in [0.3, 0.4) is 0 Å². The zero-order valence-electron chi connectivity index (χ0n) is 8.03. The van der Waals surface area contributed by atoms with E-state index in [1.165, 1.54) is 12.3 Å². The highest BCUT2D eigenvalue weighted by molar-refractivity contribution is 6.29. The molecule has 0 fully saturated rings. The fourth-order valence-corrected chi connectivity index (χ4v) is 1.08. The molecule has 0 aliphatic carbocycles. The Kier molecular flexibility index (Phi) is 4.27. The van der Waals surface area contributed by atoms with Gasteiger partial charge in [-0.1, -0.05) is 18.2 Å². The van der Waals surface area contributed by atoms with Gasteiger partial charge in [0, 0.05) is 24.3 Å².